The molecule has 3 aromatic rings. The molecule has 1 atom stereocenters. The Hall–Kier alpha value is -2.56. The largest absolute Gasteiger partial charge is 0.483 e. The number of ether oxygens (including phenoxy) is 1. The lowest BCUT2D eigenvalue weighted by Gasteiger charge is -2.28. The van der Waals surface area contributed by atoms with Crippen molar-refractivity contribution < 1.29 is 26.4 Å². The van der Waals surface area contributed by atoms with Gasteiger partial charge in [-0.15, -0.1) is 0 Å². The summed E-state index contributed by atoms with van der Waals surface area (Å²) < 4.78 is 63.6. The molecule has 1 aliphatic rings. The van der Waals surface area contributed by atoms with Crippen LogP contribution in [-0.2, 0) is 10.0 Å². The van der Waals surface area contributed by atoms with Gasteiger partial charge in [0.1, 0.15) is 22.6 Å². The fourth-order valence-electron chi connectivity index (χ4n) is 4.53. The van der Waals surface area contributed by atoms with Crippen molar-refractivity contribution in [3.63, 3.8) is 0 Å². The van der Waals surface area contributed by atoms with E-state index >= 15 is 0 Å². The number of fused-ring (bicyclic) bond motifs is 1. The Labute approximate surface area is 206 Å². The van der Waals surface area contributed by atoms with Crippen molar-refractivity contribution in [1.29, 1.82) is 0 Å². The zero-order valence-electron chi connectivity index (χ0n) is 19.4. The van der Waals surface area contributed by atoms with Gasteiger partial charge in [-0.25, -0.2) is 27.3 Å². The first kappa shape index (κ1) is 25.5. The molecule has 188 valence electrons. The molecule has 2 aromatic heterocycles. The van der Waals surface area contributed by atoms with Crippen LogP contribution in [0.5, 0.6) is 5.75 Å². The van der Waals surface area contributed by atoms with Gasteiger partial charge in [0.25, 0.3) is 10.0 Å². The van der Waals surface area contributed by atoms with Crippen LogP contribution in [0, 0.1) is 13.8 Å². The van der Waals surface area contributed by atoms with Gasteiger partial charge in [0.05, 0.1) is 5.39 Å². The lowest BCUT2D eigenvalue weighted by molar-refractivity contribution is -0.0395. The van der Waals surface area contributed by atoms with Crippen molar-refractivity contribution in [2.75, 3.05) is 0 Å². The van der Waals surface area contributed by atoms with Gasteiger partial charge in [0.2, 0.25) is 10.9 Å². The van der Waals surface area contributed by atoms with Crippen molar-refractivity contribution in [2.45, 2.75) is 69.4 Å². The Morgan fingerprint density at radius 2 is 1.89 bits per heavy atom. The monoisotopic (exact) mass is 526 g/mol. The Morgan fingerprint density at radius 1 is 1.23 bits per heavy atom. The summed E-state index contributed by atoms with van der Waals surface area (Å²) in [5.41, 5.74) is 1.69. The normalized spacial score (nSPS) is 17.5. The lowest BCUT2D eigenvalue weighted by Crippen LogP contribution is -2.25. The number of nitrogens with two attached hydrogens (primary N) is 1. The van der Waals surface area contributed by atoms with Crippen molar-refractivity contribution >= 4 is 32.6 Å². The average molecular weight is 527 g/mol. The number of halogens is 3. The molecule has 1 fully saturated rings. The van der Waals surface area contributed by atoms with E-state index in [1.54, 1.807) is 32.9 Å². The number of primary sulfonamides is 1. The number of sulfonamides is 1. The number of hydrogen-bond donors (Lipinski definition) is 1. The molecule has 0 spiro atoms. The third-order valence-corrected chi connectivity index (χ3v) is 7.36. The maximum Gasteiger partial charge on any atom is 0.259 e. The lowest BCUT2D eigenvalue weighted by atomic mass is 9.83. The SMILES string of the molecule is Cc1cc([C@@H](C)Oc2ccc(Cl)nc2S(N)(=O)=O)c2oc(C3CCC(F)(F)CC3)c(C)c(=O)c2c1. The molecule has 0 bridgehead atoms. The molecule has 11 heteroatoms. The van der Waals surface area contributed by atoms with E-state index in [1.807, 2.05) is 0 Å². The smallest absolute Gasteiger partial charge is 0.259 e. The molecule has 1 aromatic carbocycles. The summed E-state index contributed by atoms with van der Waals surface area (Å²) in [6, 6.07) is 6.18. The van der Waals surface area contributed by atoms with Gasteiger partial charge < -0.3 is 9.15 Å². The predicted molar refractivity (Wildman–Crippen MR) is 128 cm³/mol. The highest BCUT2D eigenvalue weighted by molar-refractivity contribution is 7.89. The van der Waals surface area contributed by atoms with Crippen LogP contribution in [-0.4, -0.2) is 19.3 Å². The fraction of sp³-hybridized carbons (Fsp3) is 0.417. The molecule has 0 unspecified atom stereocenters. The molecule has 2 heterocycles. The van der Waals surface area contributed by atoms with E-state index in [9.17, 15) is 22.0 Å². The Balaban J connectivity index is 1.81. The third kappa shape index (κ3) is 5.19. The second kappa shape index (κ2) is 9.15. The van der Waals surface area contributed by atoms with E-state index in [4.69, 9.17) is 25.9 Å². The molecule has 4 rings (SSSR count). The molecule has 7 nitrogen and oxygen atoms in total. The van der Waals surface area contributed by atoms with Crippen LogP contribution in [0.25, 0.3) is 11.0 Å². The van der Waals surface area contributed by atoms with Gasteiger partial charge in [-0.1, -0.05) is 11.6 Å². The molecule has 35 heavy (non-hydrogen) atoms. The first-order valence-electron chi connectivity index (χ1n) is 11.1. The molecule has 2 N–H and O–H groups in total. The summed E-state index contributed by atoms with van der Waals surface area (Å²) in [5.74, 6) is -2.72. The zero-order chi connectivity index (χ0) is 25.7. The summed E-state index contributed by atoms with van der Waals surface area (Å²) in [6.07, 6.45) is -0.888. The molecule has 0 radical (unpaired) electrons. The number of nitrogens with zero attached hydrogens (tertiary/aromatic N) is 1. The average Bonchev–Trinajstić information content (AvgIpc) is 2.77. The van der Waals surface area contributed by atoms with Gasteiger partial charge in [-0.2, -0.15) is 0 Å². The topological polar surface area (TPSA) is 112 Å². The Bertz CT molecular complexity index is 1460. The number of aromatic nitrogens is 1. The fourth-order valence-corrected chi connectivity index (χ4v) is 5.35. The van der Waals surface area contributed by atoms with Crippen LogP contribution >= 0.6 is 11.6 Å². The van der Waals surface area contributed by atoms with Crippen molar-refractivity contribution in [1.82, 2.24) is 4.98 Å². The number of aryl methyl sites for hydroxylation is 1. The summed E-state index contributed by atoms with van der Waals surface area (Å²) >= 11 is 5.83. The minimum Gasteiger partial charge on any atom is -0.483 e. The van der Waals surface area contributed by atoms with Crippen LogP contribution in [0.1, 0.15) is 67.1 Å². The number of pyridine rings is 1. The minimum atomic E-state index is -4.23. The summed E-state index contributed by atoms with van der Waals surface area (Å²) in [7, 11) is -4.23. The zero-order valence-corrected chi connectivity index (χ0v) is 21.0. The summed E-state index contributed by atoms with van der Waals surface area (Å²) in [4.78, 5) is 17.0. The van der Waals surface area contributed by atoms with E-state index in [2.05, 4.69) is 4.98 Å². The first-order valence-corrected chi connectivity index (χ1v) is 13.0. The number of rotatable bonds is 5. The third-order valence-electron chi connectivity index (χ3n) is 6.32. The van der Waals surface area contributed by atoms with Gasteiger partial charge in [-0.05, 0) is 63.4 Å². The first-order chi connectivity index (χ1) is 16.3. The van der Waals surface area contributed by atoms with Crippen molar-refractivity contribution in [3.8, 4) is 5.75 Å². The maximum absolute atomic E-state index is 13.7. The van der Waals surface area contributed by atoms with E-state index in [0.717, 1.165) is 5.56 Å². The van der Waals surface area contributed by atoms with E-state index in [-0.39, 0.29) is 53.5 Å². The van der Waals surface area contributed by atoms with Crippen molar-refractivity contribution in [3.05, 3.63) is 62.1 Å². The highest BCUT2D eigenvalue weighted by Crippen LogP contribution is 2.42. The van der Waals surface area contributed by atoms with Crippen LogP contribution in [0.3, 0.4) is 0 Å². The minimum absolute atomic E-state index is 0.0702. The van der Waals surface area contributed by atoms with E-state index in [0.29, 0.717) is 22.3 Å². The highest BCUT2D eigenvalue weighted by Gasteiger charge is 2.37. The molecule has 0 aliphatic heterocycles. The molecular weight excluding hydrogens is 502 g/mol. The van der Waals surface area contributed by atoms with Gasteiger partial charge in [0, 0.05) is 29.9 Å². The number of hydrogen-bond acceptors (Lipinski definition) is 6. The molecule has 0 amide bonds. The maximum atomic E-state index is 13.7. The van der Waals surface area contributed by atoms with Gasteiger partial charge >= 0.3 is 0 Å². The molecule has 1 saturated carbocycles. The quantitative estimate of drug-likeness (QED) is 0.437. The van der Waals surface area contributed by atoms with Crippen LogP contribution < -0.4 is 15.3 Å². The predicted octanol–water partition coefficient (Wildman–Crippen LogP) is 5.54. The second-order valence-corrected chi connectivity index (χ2v) is 10.9. The van der Waals surface area contributed by atoms with Crippen LogP contribution in [0.2, 0.25) is 5.15 Å². The van der Waals surface area contributed by atoms with E-state index in [1.165, 1.54) is 12.1 Å². The Kier molecular flexibility index (Phi) is 6.67. The summed E-state index contributed by atoms with van der Waals surface area (Å²) in [5, 5.41) is 5.01. The van der Waals surface area contributed by atoms with E-state index < -0.39 is 27.1 Å². The van der Waals surface area contributed by atoms with Crippen molar-refractivity contribution in [2.24, 2.45) is 5.14 Å². The van der Waals surface area contributed by atoms with Gasteiger partial charge in [0.15, 0.2) is 11.2 Å². The van der Waals surface area contributed by atoms with Gasteiger partial charge in [-0.3, -0.25) is 4.79 Å². The Morgan fingerprint density at radius 3 is 2.51 bits per heavy atom. The highest BCUT2D eigenvalue weighted by atomic mass is 35.5. The molecular formula is C24H25ClF2N2O5S. The van der Waals surface area contributed by atoms with Crippen LogP contribution in [0.4, 0.5) is 8.78 Å². The number of benzene rings is 1. The molecule has 0 saturated heterocycles. The second-order valence-electron chi connectivity index (χ2n) is 9.02. The van der Waals surface area contributed by atoms with Crippen LogP contribution in [0.15, 0.2) is 38.5 Å². The number of alkyl halides is 2. The molecule has 1 aliphatic carbocycles. The summed E-state index contributed by atoms with van der Waals surface area (Å²) in [6.45, 7) is 5.12. The standard InChI is InChI=1S/C24H25ClF2N2O5S/c1-12-10-16(14(3)33-18-4-5-19(25)29-23(18)35(28,31)32)22-17(11-12)20(30)13(2)21(34-22)15-6-8-24(26,27)9-7-15/h4-5,10-11,14-15H,6-9H2,1-3H3,(H2,28,31,32)/t14-/m1/s1.